The summed E-state index contributed by atoms with van der Waals surface area (Å²) in [5, 5.41) is 3.89. The zero-order valence-corrected chi connectivity index (χ0v) is 16.5. The summed E-state index contributed by atoms with van der Waals surface area (Å²) in [5.41, 5.74) is 2.51. The number of amides is 1. The van der Waals surface area contributed by atoms with Crippen LogP contribution in [0.5, 0.6) is 17.2 Å². The Morgan fingerprint density at radius 2 is 1.45 bits per heavy atom. The van der Waals surface area contributed by atoms with E-state index in [1.54, 1.807) is 31.2 Å². The summed E-state index contributed by atoms with van der Waals surface area (Å²) in [5.74, 6) is 0.689. The number of carbonyl (C=O) groups is 1. The largest absolute Gasteiger partial charge is 0.481 e. The molecule has 1 atom stereocenters. The fourth-order valence-corrected chi connectivity index (χ4v) is 2.49. The van der Waals surface area contributed by atoms with E-state index in [-0.39, 0.29) is 5.75 Å². The molecule has 0 spiro atoms. The third kappa shape index (κ3) is 6.60. The first kappa shape index (κ1) is 21.9. The normalized spacial score (nSPS) is 12.4. The number of rotatable bonds is 7. The van der Waals surface area contributed by atoms with Crippen molar-refractivity contribution >= 4 is 12.1 Å². The Kier molecular flexibility index (Phi) is 6.92. The van der Waals surface area contributed by atoms with E-state index < -0.39 is 23.8 Å². The van der Waals surface area contributed by atoms with Gasteiger partial charge in [-0.2, -0.15) is 18.3 Å². The van der Waals surface area contributed by atoms with E-state index in [1.807, 2.05) is 30.3 Å². The molecule has 0 heterocycles. The zero-order valence-electron chi connectivity index (χ0n) is 16.5. The van der Waals surface area contributed by atoms with Crippen LogP contribution in [-0.4, -0.2) is 18.2 Å². The molecule has 1 N–H and O–H groups in total. The molecule has 3 rings (SSSR count). The molecule has 0 aromatic heterocycles. The number of ether oxygens (including phenoxy) is 2. The standard InChI is InChI=1S/C23H19F3N2O3/c1-16(22(29)28-27-15-17-5-3-2-4-6-17)30-19-11-13-21(14-12-19)31-20-9-7-18(8-10-20)23(24,25)26/h2-16H,1H3,(H,28,29)/t16-/m1/s1. The number of benzene rings is 3. The fraction of sp³-hybridized carbons (Fsp3) is 0.130. The monoisotopic (exact) mass is 428 g/mol. The molecule has 0 aliphatic carbocycles. The Balaban J connectivity index is 1.51. The van der Waals surface area contributed by atoms with Crippen LogP contribution in [0.4, 0.5) is 13.2 Å². The highest BCUT2D eigenvalue weighted by atomic mass is 19.4. The van der Waals surface area contributed by atoms with Crippen LogP contribution in [0.2, 0.25) is 0 Å². The summed E-state index contributed by atoms with van der Waals surface area (Å²) in [6.07, 6.45) is -3.67. The second kappa shape index (κ2) is 9.80. The van der Waals surface area contributed by atoms with Crippen molar-refractivity contribution in [3.8, 4) is 17.2 Å². The Morgan fingerprint density at radius 1 is 0.903 bits per heavy atom. The van der Waals surface area contributed by atoms with E-state index in [9.17, 15) is 18.0 Å². The second-order valence-corrected chi connectivity index (χ2v) is 6.50. The van der Waals surface area contributed by atoms with Crippen molar-refractivity contribution in [2.24, 2.45) is 5.10 Å². The molecule has 0 aliphatic heterocycles. The number of alkyl halides is 3. The van der Waals surface area contributed by atoms with Crippen molar-refractivity contribution in [3.05, 3.63) is 90.0 Å². The number of nitrogens with zero attached hydrogens (tertiary/aromatic N) is 1. The van der Waals surface area contributed by atoms with Crippen molar-refractivity contribution in [2.75, 3.05) is 0 Å². The van der Waals surface area contributed by atoms with Crippen molar-refractivity contribution < 1.29 is 27.4 Å². The van der Waals surface area contributed by atoms with Crippen LogP contribution in [0.1, 0.15) is 18.1 Å². The van der Waals surface area contributed by atoms with Gasteiger partial charge in [0, 0.05) is 0 Å². The Morgan fingerprint density at radius 3 is 2.03 bits per heavy atom. The molecule has 0 bridgehead atoms. The highest BCUT2D eigenvalue weighted by molar-refractivity contribution is 5.84. The predicted octanol–water partition coefficient (Wildman–Crippen LogP) is 5.42. The molecule has 3 aromatic carbocycles. The van der Waals surface area contributed by atoms with Crippen molar-refractivity contribution in [3.63, 3.8) is 0 Å². The lowest BCUT2D eigenvalue weighted by molar-refractivity contribution is -0.137. The molecule has 0 saturated carbocycles. The van der Waals surface area contributed by atoms with Crippen LogP contribution >= 0.6 is 0 Å². The van der Waals surface area contributed by atoms with Gasteiger partial charge in [0.05, 0.1) is 11.8 Å². The van der Waals surface area contributed by atoms with E-state index in [2.05, 4.69) is 10.5 Å². The van der Waals surface area contributed by atoms with Gasteiger partial charge in [-0.05, 0) is 61.0 Å². The fourth-order valence-electron chi connectivity index (χ4n) is 2.49. The third-order valence-electron chi connectivity index (χ3n) is 4.11. The van der Waals surface area contributed by atoms with Gasteiger partial charge in [0.1, 0.15) is 17.2 Å². The Labute approximate surface area is 177 Å². The molecule has 8 heteroatoms. The van der Waals surface area contributed by atoms with Gasteiger partial charge in [-0.3, -0.25) is 4.79 Å². The van der Waals surface area contributed by atoms with Crippen molar-refractivity contribution in [1.82, 2.24) is 5.43 Å². The minimum atomic E-state index is -4.40. The lowest BCUT2D eigenvalue weighted by atomic mass is 10.2. The van der Waals surface area contributed by atoms with Crippen molar-refractivity contribution in [1.29, 1.82) is 0 Å². The van der Waals surface area contributed by atoms with Crippen molar-refractivity contribution in [2.45, 2.75) is 19.2 Å². The Bertz CT molecular complexity index is 1020. The number of halogens is 3. The molecule has 0 aliphatic rings. The number of nitrogens with one attached hydrogen (secondary N) is 1. The zero-order chi connectivity index (χ0) is 22.3. The first-order valence-electron chi connectivity index (χ1n) is 9.31. The summed E-state index contributed by atoms with van der Waals surface area (Å²) < 4.78 is 48.9. The number of hydrogen-bond acceptors (Lipinski definition) is 4. The summed E-state index contributed by atoms with van der Waals surface area (Å²) in [4.78, 5) is 12.1. The number of hydrazone groups is 1. The second-order valence-electron chi connectivity index (χ2n) is 6.50. The summed E-state index contributed by atoms with van der Waals surface area (Å²) in [6, 6.07) is 20.1. The third-order valence-corrected chi connectivity index (χ3v) is 4.11. The molecule has 31 heavy (non-hydrogen) atoms. The Hall–Kier alpha value is -3.81. The first-order chi connectivity index (χ1) is 14.8. The van der Waals surface area contributed by atoms with Gasteiger partial charge in [-0.1, -0.05) is 30.3 Å². The summed E-state index contributed by atoms with van der Waals surface area (Å²) >= 11 is 0. The van der Waals surface area contributed by atoms with E-state index in [1.165, 1.54) is 18.3 Å². The van der Waals surface area contributed by atoms with Crippen LogP contribution in [-0.2, 0) is 11.0 Å². The molecule has 3 aromatic rings. The van der Waals surface area contributed by atoms with Gasteiger partial charge in [-0.25, -0.2) is 5.43 Å². The van der Waals surface area contributed by atoms with E-state index >= 15 is 0 Å². The highest BCUT2D eigenvalue weighted by Gasteiger charge is 2.30. The van der Waals surface area contributed by atoms with Gasteiger partial charge in [0.15, 0.2) is 6.10 Å². The molecular weight excluding hydrogens is 409 g/mol. The summed E-state index contributed by atoms with van der Waals surface area (Å²) in [7, 11) is 0. The predicted molar refractivity (Wildman–Crippen MR) is 110 cm³/mol. The summed E-state index contributed by atoms with van der Waals surface area (Å²) in [6.45, 7) is 1.58. The van der Waals surface area contributed by atoms with Gasteiger partial charge < -0.3 is 9.47 Å². The van der Waals surface area contributed by atoms with Gasteiger partial charge in [0.25, 0.3) is 5.91 Å². The number of carbonyl (C=O) groups excluding carboxylic acids is 1. The van der Waals surface area contributed by atoms with Gasteiger partial charge in [0.2, 0.25) is 0 Å². The molecule has 160 valence electrons. The quantitative estimate of drug-likeness (QED) is 0.404. The molecule has 0 saturated heterocycles. The van der Waals surface area contributed by atoms with Crippen LogP contribution < -0.4 is 14.9 Å². The SMILES string of the molecule is C[C@@H](Oc1ccc(Oc2ccc(C(F)(F)F)cc2)cc1)C(=O)NN=Cc1ccccc1. The van der Waals surface area contributed by atoms with E-state index in [0.717, 1.165) is 17.7 Å². The lowest BCUT2D eigenvalue weighted by Gasteiger charge is -2.13. The molecule has 5 nitrogen and oxygen atoms in total. The maximum Gasteiger partial charge on any atom is 0.416 e. The van der Waals surface area contributed by atoms with Gasteiger partial charge >= 0.3 is 6.18 Å². The molecule has 1 amide bonds. The maximum absolute atomic E-state index is 12.6. The minimum Gasteiger partial charge on any atom is -0.481 e. The average molecular weight is 428 g/mol. The topological polar surface area (TPSA) is 59.9 Å². The average Bonchev–Trinajstić information content (AvgIpc) is 2.75. The van der Waals surface area contributed by atoms with Crippen LogP contribution in [0.3, 0.4) is 0 Å². The molecular formula is C23H19F3N2O3. The first-order valence-corrected chi connectivity index (χ1v) is 9.31. The highest BCUT2D eigenvalue weighted by Crippen LogP contribution is 2.31. The maximum atomic E-state index is 12.6. The molecule has 0 fully saturated rings. The molecule has 0 unspecified atom stereocenters. The van der Waals surface area contributed by atoms with Crippen LogP contribution in [0.25, 0.3) is 0 Å². The van der Waals surface area contributed by atoms with Crippen LogP contribution in [0.15, 0.2) is 84.0 Å². The minimum absolute atomic E-state index is 0.269. The van der Waals surface area contributed by atoms with Crippen LogP contribution in [0, 0.1) is 0 Å². The van der Waals surface area contributed by atoms with Gasteiger partial charge in [-0.15, -0.1) is 0 Å². The lowest BCUT2D eigenvalue weighted by Crippen LogP contribution is -2.33. The van der Waals surface area contributed by atoms with E-state index in [0.29, 0.717) is 11.5 Å². The molecule has 0 radical (unpaired) electrons. The van der Waals surface area contributed by atoms with E-state index in [4.69, 9.17) is 9.47 Å². The smallest absolute Gasteiger partial charge is 0.416 e. The number of hydrogen-bond donors (Lipinski definition) is 1.